The summed E-state index contributed by atoms with van der Waals surface area (Å²) < 4.78 is 1.86. The first-order chi connectivity index (χ1) is 15.1. The highest BCUT2D eigenvalue weighted by molar-refractivity contribution is 7.99. The van der Waals surface area contributed by atoms with Crippen molar-refractivity contribution in [1.29, 1.82) is 5.26 Å². The third-order valence-electron chi connectivity index (χ3n) is 5.27. The summed E-state index contributed by atoms with van der Waals surface area (Å²) in [5.74, 6) is 0.407. The number of rotatable bonds is 7. The summed E-state index contributed by atoms with van der Waals surface area (Å²) in [4.78, 5) is 12.6. The van der Waals surface area contributed by atoms with Crippen LogP contribution in [0.2, 0.25) is 10.0 Å². The maximum atomic E-state index is 12.6. The van der Waals surface area contributed by atoms with Gasteiger partial charge in [0.05, 0.1) is 17.5 Å². The molecule has 1 amide bonds. The van der Waals surface area contributed by atoms with Gasteiger partial charge in [0.15, 0.2) is 11.0 Å². The van der Waals surface area contributed by atoms with Crippen molar-refractivity contribution < 1.29 is 4.79 Å². The van der Waals surface area contributed by atoms with Gasteiger partial charge < -0.3 is 5.32 Å². The largest absolute Gasteiger partial charge is 0.337 e. The molecule has 0 aliphatic carbocycles. The number of halogens is 2. The molecule has 2 aromatic carbocycles. The molecule has 1 N–H and O–H groups in total. The van der Waals surface area contributed by atoms with Crippen LogP contribution in [0.25, 0.3) is 17.1 Å². The van der Waals surface area contributed by atoms with Gasteiger partial charge in [-0.05, 0) is 61.7 Å². The first-order valence-electron chi connectivity index (χ1n) is 9.97. The van der Waals surface area contributed by atoms with Gasteiger partial charge in [0, 0.05) is 15.6 Å². The molecule has 0 fully saturated rings. The predicted octanol–water partition coefficient (Wildman–Crippen LogP) is 5.70. The Kier molecular flexibility index (Phi) is 7.50. The molecule has 9 heteroatoms. The van der Waals surface area contributed by atoms with Gasteiger partial charge in [0.2, 0.25) is 5.91 Å². The van der Waals surface area contributed by atoms with Crippen LogP contribution in [0.5, 0.6) is 0 Å². The van der Waals surface area contributed by atoms with Crippen LogP contribution >= 0.6 is 35.0 Å². The smallest absolute Gasteiger partial charge is 0.231 e. The molecule has 0 bridgehead atoms. The lowest BCUT2D eigenvalue weighted by molar-refractivity contribution is -0.120. The maximum Gasteiger partial charge on any atom is 0.231 e. The Labute approximate surface area is 201 Å². The van der Waals surface area contributed by atoms with Crippen LogP contribution in [-0.4, -0.2) is 32.0 Å². The van der Waals surface area contributed by atoms with Gasteiger partial charge >= 0.3 is 0 Å². The molecule has 0 saturated heterocycles. The number of aromatic nitrogens is 3. The van der Waals surface area contributed by atoms with Crippen LogP contribution in [0, 0.1) is 24.2 Å². The van der Waals surface area contributed by atoms with Gasteiger partial charge in [-0.15, -0.1) is 10.2 Å². The first-order valence-corrected chi connectivity index (χ1v) is 11.7. The van der Waals surface area contributed by atoms with E-state index >= 15 is 0 Å². The van der Waals surface area contributed by atoms with Gasteiger partial charge in [-0.1, -0.05) is 54.9 Å². The molecular weight excluding hydrogens is 465 g/mol. The van der Waals surface area contributed by atoms with Crippen LogP contribution in [0.4, 0.5) is 0 Å². The second kappa shape index (κ2) is 9.95. The lowest BCUT2D eigenvalue weighted by Crippen LogP contribution is -2.49. The van der Waals surface area contributed by atoms with Gasteiger partial charge in [-0.2, -0.15) is 5.26 Å². The van der Waals surface area contributed by atoms with E-state index in [4.69, 9.17) is 23.2 Å². The van der Waals surface area contributed by atoms with Crippen LogP contribution < -0.4 is 5.32 Å². The van der Waals surface area contributed by atoms with Crippen LogP contribution in [0.3, 0.4) is 0 Å². The maximum absolute atomic E-state index is 12.6. The molecule has 1 heterocycles. The minimum atomic E-state index is -0.940. The quantitative estimate of drug-likeness (QED) is 0.432. The van der Waals surface area contributed by atoms with E-state index in [1.807, 2.05) is 55.7 Å². The highest BCUT2D eigenvalue weighted by atomic mass is 35.5. The van der Waals surface area contributed by atoms with Crippen molar-refractivity contribution in [3.8, 4) is 23.1 Å². The number of amides is 1. The van der Waals surface area contributed by atoms with Crippen LogP contribution in [-0.2, 0) is 4.79 Å². The lowest BCUT2D eigenvalue weighted by atomic mass is 9.90. The zero-order valence-corrected chi connectivity index (χ0v) is 20.5. The summed E-state index contributed by atoms with van der Waals surface area (Å²) in [7, 11) is 0. The summed E-state index contributed by atoms with van der Waals surface area (Å²) in [6.07, 6.45) is 0. The Morgan fingerprint density at radius 2 is 1.91 bits per heavy atom. The van der Waals surface area contributed by atoms with E-state index in [0.29, 0.717) is 21.0 Å². The molecule has 0 aliphatic rings. The number of carbonyl (C=O) groups is 1. The lowest BCUT2D eigenvalue weighted by Gasteiger charge is -2.27. The highest BCUT2D eigenvalue weighted by Gasteiger charge is 2.30. The van der Waals surface area contributed by atoms with Crippen molar-refractivity contribution in [2.75, 3.05) is 5.75 Å². The second-order valence-electron chi connectivity index (χ2n) is 7.89. The summed E-state index contributed by atoms with van der Waals surface area (Å²) in [6.45, 7) is 7.44. The number of nitriles is 1. The Morgan fingerprint density at radius 1 is 1.22 bits per heavy atom. The van der Waals surface area contributed by atoms with Crippen LogP contribution in [0.1, 0.15) is 26.3 Å². The van der Waals surface area contributed by atoms with Gasteiger partial charge in [-0.25, -0.2) is 0 Å². The van der Waals surface area contributed by atoms with Gasteiger partial charge in [-0.3, -0.25) is 9.36 Å². The third-order valence-corrected chi connectivity index (χ3v) is 6.86. The zero-order valence-electron chi connectivity index (χ0n) is 18.2. The molecule has 166 valence electrons. The van der Waals surface area contributed by atoms with E-state index in [-0.39, 0.29) is 17.6 Å². The van der Waals surface area contributed by atoms with Crippen molar-refractivity contribution in [1.82, 2.24) is 20.1 Å². The molecule has 0 radical (unpaired) electrons. The summed E-state index contributed by atoms with van der Waals surface area (Å²) in [6, 6.07) is 15.2. The molecule has 0 saturated carbocycles. The molecule has 3 rings (SSSR count). The number of thioether (sulfide) groups is 1. The second-order valence-corrected chi connectivity index (χ2v) is 9.67. The predicted molar refractivity (Wildman–Crippen MR) is 129 cm³/mol. The summed E-state index contributed by atoms with van der Waals surface area (Å²) >= 11 is 13.7. The molecule has 0 unspecified atom stereocenters. The number of aryl methyl sites for hydroxylation is 1. The highest BCUT2D eigenvalue weighted by Crippen LogP contribution is 2.30. The van der Waals surface area contributed by atoms with E-state index in [1.165, 1.54) is 11.8 Å². The molecule has 32 heavy (non-hydrogen) atoms. The van der Waals surface area contributed by atoms with E-state index in [0.717, 1.165) is 16.8 Å². The fourth-order valence-corrected chi connectivity index (χ4v) is 3.91. The average molecular weight is 488 g/mol. The summed E-state index contributed by atoms with van der Waals surface area (Å²) in [5.41, 5.74) is 1.62. The van der Waals surface area contributed by atoms with Crippen molar-refractivity contribution in [3.05, 3.63) is 58.1 Å². The average Bonchev–Trinajstić information content (AvgIpc) is 3.18. The molecule has 0 spiro atoms. The molecule has 1 aromatic heterocycles. The third kappa shape index (κ3) is 5.26. The zero-order chi connectivity index (χ0) is 23.5. The topological polar surface area (TPSA) is 83.6 Å². The van der Waals surface area contributed by atoms with Crippen molar-refractivity contribution in [3.63, 3.8) is 0 Å². The summed E-state index contributed by atoms with van der Waals surface area (Å²) in [5, 5.41) is 22.7. The van der Waals surface area contributed by atoms with Crippen molar-refractivity contribution >= 4 is 40.9 Å². The number of hydrogen-bond acceptors (Lipinski definition) is 5. The number of nitrogens with zero attached hydrogens (tertiary/aromatic N) is 4. The fraction of sp³-hybridized carbons (Fsp3) is 0.304. The number of hydrogen-bond donors (Lipinski definition) is 1. The SMILES string of the molecule is Cc1ccc(-n2c(SCC(=O)N[C@](C)(C#N)C(C)C)nnc2-c2ccc(Cl)cc2)cc1Cl. The van der Waals surface area contributed by atoms with Crippen LogP contribution in [0.15, 0.2) is 47.6 Å². The Hall–Kier alpha value is -2.53. The monoisotopic (exact) mass is 487 g/mol. The van der Waals surface area contributed by atoms with E-state index < -0.39 is 5.54 Å². The molecule has 1 atom stereocenters. The fourth-order valence-electron chi connectivity index (χ4n) is 2.86. The van der Waals surface area contributed by atoms with E-state index in [9.17, 15) is 10.1 Å². The molecule has 3 aromatic rings. The molecular formula is C23H23Cl2N5OS. The Morgan fingerprint density at radius 3 is 2.50 bits per heavy atom. The van der Waals surface area contributed by atoms with E-state index in [2.05, 4.69) is 21.6 Å². The van der Waals surface area contributed by atoms with Crippen molar-refractivity contribution in [2.24, 2.45) is 5.92 Å². The molecule has 0 aliphatic heterocycles. The van der Waals surface area contributed by atoms with E-state index in [1.54, 1.807) is 19.1 Å². The Balaban J connectivity index is 1.94. The normalized spacial score (nSPS) is 12.9. The van der Waals surface area contributed by atoms with Gasteiger partial charge in [0.1, 0.15) is 5.54 Å². The van der Waals surface area contributed by atoms with Crippen molar-refractivity contribution in [2.45, 2.75) is 38.4 Å². The minimum Gasteiger partial charge on any atom is -0.337 e. The Bertz CT molecular complexity index is 1170. The minimum absolute atomic E-state index is 0.0312. The number of carbonyl (C=O) groups excluding carboxylic acids is 1. The number of benzene rings is 2. The van der Waals surface area contributed by atoms with Gasteiger partial charge in [0.25, 0.3) is 0 Å². The number of nitrogens with one attached hydrogen (secondary N) is 1. The first kappa shape index (κ1) is 24.1. The standard InChI is InChI=1S/C23H23Cl2N5OS/c1-14(2)23(4,13-26)27-20(31)12-32-22-29-28-21(16-6-8-17(24)9-7-16)30(22)18-10-5-15(3)19(25)11-18/h5-11,14H,12H2,1-4H3,(H,27,31)/t23-/m1/s1. The molecule has 6 nitrogen and oxygen atoms in total.